The molecule has 0 aliphatic rings. The number of aryl methyl sites for hydroxylation is 2. The fraction of sp³-hybridized carbons (Fsp3) is 0.167. The van der Waals surface area contributed by atoms with Gasteiger partial charge in [0.2, 0.25) is 10.0 Å². The van der Waals surface area contributed by atoms with Gasteiger partial charge in [0.25, 0.3) is 5.91 Å². The summed E-state index contributed by atoms with van der Waals surface area (Å²) < 4.78 is 59.4. The van der Waals surface area contributed by atoms with Gasteiger partial charge in [-0.05, 0) is 65.9 Å². The predicted octanol–water partition coefficient (Wildman–Crippen LogP) is 4.22. The van der Waals surface area contributed by atoms with Crippen molar-refractivity contribution in [3.8, 4) is 0 Å². The summed E-state index contributed by atoms with van der Waals surface area (Å²) in [5.41, 5.74) is 0.986. The third-order valence-electron chi connectivity index (χ3n) is 5.43. The third-order valence-corrected chi connectivity index (χ3v) is 7.58. The molecule has 4 aromatic rings. The van der Waals surface area contributed by atoms with Gasteiger partial charge in [0.1, 0.15) is 11.3 Å². The molecule has 36 heavy (non-hydrogen) atoms. The lowest BCUT2D eigenvalue weighted by Crippen LogP contribution is -2.35. The maximum Gasteiger partial charge on any atom is 0.253 e. The molecule has 1 aromatic heterocycles. The fourth-order valence-electron chi connectivity index (χ4n) is 3.51. The standard InChI is InChI=1S/C24H22F2IN5O3S/c1-14-3-6-16(7-4-14)36(34,35)30-10-9-28-24(33)17-12-20-23(29-13-32(20)2)21(26)22(17)31-19-8-5-15(27)11-18(19)25/h3-8,11-13,30-31H,9-10H2,1-2H3,(H,28,33). The first-order valence-corrected chi connectivity index (χ1v) is 13.3. The molecule has 0 saturated heterocycles. The summed E-state index contributed by atoms with van der Waals surface area (Å²) in [5.74, 6) is -2.09. The van der Waals surface area contributed by atoms with E-state index in [0.29, 0.717) is 9.09 Å². The van der Waals surface area contributed by atoms with E-state index in [9.17, 15) is 17.6 Å². The van der Waals surface area contributed by atoms with Crippen molar-refractivity contribution in [1.82, 2.24) is 19.6 Å². The molecule has 1 amide bonds. The summed E-state index contributed by atoms with van der Waals surface area (Å²) in [4.78, 5) is 17.2. The Hall–Kier alpha value is -3.10. The molecule has 0 fully saturated rings. The van der Waals surface area contributed by atoms with Gasteiger partial charge in [0.15, 0.2) is 5.82 Å². The molecule has 4 rings (SSSR count). The van der Waals surface area contributed by atoms with Crippen LogP contribution in [0.15, 0.2) is 59.8 Å². The zero-order chi connectivity index (χ0) is 26.0. The molecule has 0 saturated carbocycles. The van der Waals surface area contributed by atoms with Crippen molar-refractivity contribution in [3.05, 3.63) is 81.2 Å². The first kappa shape index (κ1) is 26.0. The molecule has 1 heterocycles. The maximum absolute atomic E-state index is 15.4. The number of sulfonamides is 1. The molecule has 0 spiro atoms. The highest BCUT2D eigenvalue weighted by atomic mass is 127. The quantitative estimate of drug-likeness (QED) is 0.201. The van der Waals surface area contributed by atoms with Crippen LogP contribution in [-0.4, -0.2) is 37.0 Å². The molecular formula is C24H22F2IN5O3S. The van der Waals surface area contributed by atoms with Crippen LogP contribution < -0.4 is 15.4 Å². The van der Waals surface area contributed by atoms with Crippen molar-refractivity contribution in [1.29, 1.82) is 0 Å². The molecule has 188 valence electrons. The molecule has 0 atom stereocenters. The summed E-state index contributed by atoms with van der Waals surface area (Å²) in [5, 5.41) is 5.27. The minimum atomic E-state index is -3.76. The van der Waals surface area contributed by atoms with Crippen LogP contribution in [-0.2, 0) is 17.1 Å². The number of anilines is 2. The number of rotatable bonds is 8. The van der Waals surface area contributed by atoms with E-state index in [1.54, 1.807) is 29.8 Å². The average molecular weight is 625 g/mol. The minimum Gasteiger partial charge on any atom is -0.351 e. The zero-order valence-electron chi connectivity index (χ0n) is 19.3. The second-order valence-electron chi connectivity index (χ2n) is 8.05. The first-order valence-electron chi connectivity index (χ1n) is 10.8. The molecule has 0 unspecified atom stereocenters. The van der Waals surface area contributed by atoms with Gasteiger partial charge < -0.3 is 15.2 Å². The summed E-state index contributed by atoms with van der Waals surface area (Å²) in [6, 6.07) is 12.2. The van der Waals surface area contributed by atoms with Crippen LogP contribution in [0.1, 0.15) is 15.9 Å². The average Bonchev–Trinajstić information content (AvgIpc) is 3.20. The van der Waals surface area contributed by atoms with E-state index in [4.69, 9.17) is 0 Å². The van der Waals surface area contributed by atoms with Crippen molar-refractivity contribution < 1.29 is 22.0 Å². The highest BCUT2D eigenvalue weighted by Crippen LogP contribution is 2.31. The lowest BCUT2D eigenvalue weighted by Gasteiger charge is -2.15. The van der Waals surface area contributed by atoms with Gasteiger partial charge in [-0.1, -0.05) is 17.7 Å². The lowest BCUT2D eigenvalue weighted by atomic mass is 10.1. The summed E-state index contributed by atoms with van der Waals surface area (Å²) in [6.07, 6.45) is 1.41. The smallest absolute Gasteiger partial charge is 0.253 e. The van der Waals surface area contributed by atoms with E-state index >= 15 is 4.39 Å². The molecule has 3 N–H and O–H groups in total. The van der Waals surface area contributed by atoms with Gasteiger partial charge in [-0.15, -0.1) is 0 Å². The van der Waals surface area contributed by atoms with Gasteiger partial charge in [0.05, 0.1) is 33.7 Å². The van der Waals surface area contributed by atoms with Crippen LogP contribution in [0.3, 0.4) is 0 Å². The highest BCUT2D eigenvalue weighted by molar-refractivity contribution is 14.1. The Balaban J connectivity index is 1.55. The summed E-state index contributed by atoms with van der Waals surface area (Å²) in [6.45, 7) is 1.69. The highest BCUT2D eigenvalue weighted by Gasteiger charge is 2.22. The van der Waals surface area contributed by atoms with Gasteiger partial charge in [-0.2, -0.15) is 0 Å². The van der Waals surface area contributed by atoms with E-state index in [1.807, 2.05) is 29.5 Å². The molecular weight excluding hydrogens is 603 g/mol. The third kappa shape index (κ3) is 5.50. The number of fused-ring (bicyclic) bond motifs is 1. The largest absolute Gasteiger partial charge is 0.351 e. The number of hydrogen-bond donors (Lipinski definition) is 3. The van der Waals surface area contributed by atoms with Crippen LogP contribution in [0.25, 0.3) is 11.0 Å². The molecule has 0 radical (unpaired) electrons. The number of benzene rings is 3. The monoisotopic (exact) mass is 625 g/mol. The SMILES string of the molecule is Cc1ccc(S(=O)(=O)NCCNC(=O)c2cc3c(ncn3C)c(F)c2Nc2ccc(I)cc2F)cc1. The normalized spacial score (nSPS) is 11.6. The fourth-order valence-corrected chi connectivity index (χ4v) is 4.99. The molecule has 12 heteroatoms. The first-order chi connectivity index (χ1) is 17.1. The van der Waals surface area contributed by atoms with E-state index in [-0.39, 0.29) is 40.4 Å². The Bertz CT molecular complexity index is 1560. The van der Waals surface area contributed by atoms with Crippen LogP contribution in [0.4, 0.5) is 20.2 Å². The number of amides is 1. The molecule has 3 aromatic carbocycles. The van der Waals surface area contributed by atoms with Crippen LogP contribution in [0.5, 0.6) is 0 Å². The number of nitrogens with one attached hydrogen (secondary N) is 3. The number of carbonyl (C=O) groups excluding carboxylic acids is 1. The van der Waals surface area contributed by atoms with Crippen LogP contribution >= 0.6 is 22.6 Å². The van der Waals surface area contributed by atoms with Crippen molar-refractivity contribution in [2.75, 3.05) is 18.4 Å². The number of hydrogen-bond acceptors (Lipinski definition) is 5. The van der Waals surface area contributed by atoms with Crippen molar-refractivity contribution in [3.63, 3.8) is 0 Å². The predicted molar refractivity (Wildman–Crippen MR) is 142 cm³/mol. The molecule has 0 aliphatic heterocycles. The Morgan fingerprint density at radius 2 is 1.81 bits per heavy atom. The van der Waals surface area contributed by atoms with E-state index < -0.39 is 27.6 Å². The molecule has 8 nitrogen and oxygen atoms in total. The van der Waals surface area contributed by atoms with Gasteiger partial charge >= 0.3 is 0 Å². The van der Waals surface area contributed by atoms with Gasteiger partial charge in [0, 0.05) is 23.7 Å². The Morgan fingerprint density at radius 3 is 2.50 bits per heavy atom. The van der Waals surface area contributed by atoms with E-state index in [1.165, 1.54) is 36.7 Å². The number of nitrogens with zero attached hydrogens (tertiary/aromatic N) is 2. The Kier molecular flexibility index (Phi) is 7.57. The topological polar surface area (TPSA) is 105 Å². The summed E-state index contributed by atoms with van der Waals surface area (Å²) in [7, 11) is -2.10. The van der Waals surface area contributed by atoms with Gasteiger partial charge in [-0.3, -0.25) is 4.79 Å². The maximum atomic E-state index is 15.4. The van der Waals surface area contributed by atoms with E-state index in [2.05, 4.69) is 20.3 Å². The number of aromatic nitrogens is 2. The molecule has 0 bridgehead atoms. The number of imidazole rings is 1. The number of carbonyl (C=O) groups is 1. The van der Waals surface area contributed by atoms with Crippen LogP contribution in [0.2, 0.25) is 0 Å². The van der Waals surface area contributed by atoms with Gasteiger partial charge in [-0.25, -0.2) is 26.9 Å². The van der Waals surface area contributed by atoms with E-state index in [0.717, 1.165) is 5.56 Å². The van der Waals surface area contributed by atoms with Crippen molar-refractivity contribution >= 4 is 60.9 Å². The summed E-state index contributed by atoms with van der Waals surface area (Å²) >= 11 is 1.95. The Morgan fingerprint density at radius 1 is 1.08 bits per heavy atom. The van der Waals surface area contributed by atoms with Crippen molar-refractivity contribution in [2.45, 2.75) is 11.8 Å². The lowest BCUT2D eigenvalue weighted by molar-refractivity contribution is 0.0955. The second kappa shape index (κ2) is 10.5. The molecule has 0 aliphatic carbocycles. The minimum absolute atomic E-state index is 0.00972. The number of halogens is 3. The second-order valence-corrected chi connectivity index (χ2v) is 11.1. The Labute approximate surface area is 220 Å². The van der Waals surface area contributed by atoms with Crippen LogP contribution in [0, 0.1) is 22.1 Å². The zero-order valence-corrected chi connectivity index (χ0v) is 22.2. The van der Waals surface area contributed by atoms with Crippen molar-refractivity contribution in [2.24, 2.45) is 7.05 Å².